The summed E-state index contributed by atoms with van der Waals surface area (Å²) in [6.07, 6.45) is 11.1. The smallest absolute Gasteiger partial charge is 0.197 e. The second-order valence-corrected chi connectivity index (χ2v) is 6.16. The summed E-state index contributed by atoms with van der Waals surface area (Å²) in [5.74, 6) is 0.896. The Morgan fingerprint density at radius 1 is 1.27 bits per heavy atom. The minimum Gasteiger partial charge on any atom is -0.353 e. The lowest BCUT2D eigenvalue weighted by Crippen LogP contribution is -2.46. The van der Waals surface area contributed by atoms with Crippen LogP contribution in [-0.4, -0.2) is 27.7 Å². The molecule has 1 fully saturated rings. The number of hydrogen-bond acceptors (Lipinski definition) is 4. The van der Waals surface area contributed by atoms with Crippen molar-refractivity contribution in [1.29, 1.82) is 0 Å². The number of guanidine groups is 1. The van der Waals surface area contributed by atoms with E-state index in [1.807, 2.05) is 29.0 Å². The van der Waals surface area contributed by atoms with Crippen LogP contribution in [0, 0.1) is 0 Å². The van der Waals surface area contributed by atoms with Gasteiger partial charge in [-0.1, -0.05) is 18.9 Å². The molecule has 0 spiro atoms. The number of pyridine rings is 1. The van der Waals surface area contributed by atoms with Crippen molar-refractivity contribution in [3.05, 3.63) is 42.2 Å². The molecule has 1 aliphatic carbocycles. The maximum atomic E-state index is 4.79. The second-order valence-electron chi connectivity index (χ2n) is 6.16. The Bertz CT molecular complexity index is 736. The Hall–Kier alpha value is -2.30. The second kappa shape index (κ2) is 5.48. The van der Waals surface area contributed by atoms with Crippen molar-refractivity contribution in [2.45, 2.75) is 44.7 Å². The predicted molar refractivity (Wildman–Crippen MR) is 88.6 cm³/mol. The molecule has 3 heterocycles. The van der Waals surface area contributed by atoms with Crippen LogP contribution in [0.3, 0.4) is 0 Å². The first-order chi connectivity index (χ1) is 10.8. The number of aliphatic imine (C=N–C) groups is 1. The Balaban J connectivity index is 1.66. The molecule has 2 aromatic rings. The van der Waals surface area contributed by atoms with E-state index in [0.717, 1.165) is 22.7 Å². The fourth-order valence-corrected chi connectivity index (χ4v) is 3.30. The van der Waals surface area contributed by atoms with Crippen LogP contribution in [-0.2, 0) is 0 Å². The zero-order chi connectivity index (χ0) is 14.9. The maximum absolute atomic E-state index is 4.79. The zero-order valence-corrected chi connectivity index (χ0v) is 12.8. The third kappa shape index (κ3) is 2.47. The van der Waals surface area contributed by atoms with Gasteiger partial charge < -0.3 is 10.6 Å². The number of aromatic nitrogens is 2. The highest BCUT2D eigenvalue weighted by molar-refractivity contribution is 5.91. The standard InChI is InChI=1S/C17H21N5/c1-12-10-15(14-11-18-22-9-5-4-8-16(14)22)21-17(19-12)20-13-6-2-3-7-13/h4-5,8-13H,2-3,6-7H2,1H3,(H2,19,20,21). The van der Waals surface area contributed by atoms with E-state index in [2.05, 4.69) is 34.8 Å². The summed E-state index contributed by atoms with van der Waals surface area (Å²) in [6.45, 7) is 2.15. The lowest BCUT2D eigenvalue weighted by Gasteiger charge is -2.23. The molecule has 1 aliphatic heterocycles. The minimum atomic E-state index is 0.259. The Morgan fingerprint density at radius 3 is 3.00 bits per heavy atom. The topological polar surface area (TPSA) is 53.7 Å². The first-order valence-electron chi connectivity index (χ1n) is 8.06. The SMILES string of the molecule is CC1C=C(c2cnn3ccccc23)N=C(NC2CCCC2)N1. The van der Waals surface area contributed by atoms with E-state index in [9.17, 15) is 0 Å². The molecule has 4 rings (SSSR count). The van der Waals surface area contributed by atoms with Crippen molar-refractivity contribution in [3.8, 4) is 0 Å². The molecule has 0 aromatic carbocycles. The number of nitrogens with zero attached hydrogens (tertiary/aromatic N) is 3. The van der Waals surface area contributed by atoms with Crippen LogP contribution in [0.5, 0.6) is 0 Å². The molecule has 1 saturated carbocycles. The van der Waals surface area contributed by atoms with Gasteiger partial charge in [-0.25, -0.2) is 9.51 Å². The van der Waals surface area contributed by atoms with E-state index in [1.54, 1.807) is 0 Å². The molecule has 2 N–H and O–H groups in total. The Kier molecular flexibility index (Phi) is 3.33. The summed E-state index contributed by atoms with van der Waals surface area (Å²) in [5.41, 5.74) is 3.17. The van der Waals surface area contributed by atoms with Gasteiger partial charge in [-0.15, -0.1) is 0 Å². The van der Waals surface area contributed by atoms with E-state index in [1.165, 1.54) is 25.7 Å². The molecular weight excluding hydrogens is 274 g/mol. The van der Waals surface area contributed by atoms with E-state index >= 15 is 0 Å². The van der Waals surface area contributed by atoms with E-state index in [4.69, 9.17) is 4.99 Å². The molecule has 1 unspecified atom stereocenters. The number of nitrogens with one attached hydrogen (secondary N) is 2. The summed E-state index contributed by atoms with van der Waals surface area (Å²) < 4.78 is 1.89. The van der Waals surface area contributed by atoms with Gasteiger partial charge in [0.25, 0.3) is 0 Å². The van der Waals surface area contributed by atoms with Crippen LogP contribution >= 0.6 is 0 Å². The van der Waals surface area contributed by atoms with Gasteiger partial charge in [0.15, 0.2) is 5.96 Å². The molecule has 22 heavy (non-hydrogen) atoms. The monoisotopic (exact) mass is 295 g/mol. The fourth-order valence-electron chi connectivity index (χ4n) is 3.30. The van der Waals surface area contributed by atoms with Crippen molar-refractivity contribution >= 4 is 17.2 Å². The number of fused-ring (bicyclic) bond motifs is 1. The summed E-state index contributed by atoms with van der Waals surface area (Å²) >= 11 is 0. The predicted octanol–water partition coefficient (Wildman–Crippen LogP) is 2.56. The third-order valence-corrected chi connectivity index (χ3v) is 4.40. The van der Waals surface area contributed by atoms with Gasteiger partial charge in [0, 0.05) is 23.8 Å². The van der Waals surface area contributed by atoms with Crippen LogP contribution in [0.2, 0.25) is 0 Å². The van der Waals surface area contributed by atoms with Crippen molar-refractivity contribution in [2.75, 3.05) is 0 Å². The summed E-state index contributed by atoms with van der Waals surface area (Å²) in [7, 11) is 0. The molecular formula is C17H21N5. The first kappa shape index (κ1) is 13.4. The van der Waals surface area contributed by atoms with Crippen molar-refractivity contribution in [2.24, 2.45) is 4.99 Å². The quantitative estimate of drug-likeness (QED) is 0.895. The lowest BCUT2D eigenvalue weighted by molar-refractivity contribution is 0.606. The Morgan fingerprint density at radius 2 is 2.14 bits per heavy atom. The first-order valence-corrected chi connectivity index (χ1v) is 8.06. The van der Waals surface area contributed by atoms with Gasteiger partial charge in [0.1, 0.15) is 0 Å². The molecule has 0 bridgehead atoms. The van der Waals surface area contributed by atoms with Crippen molar-refractivity contribution in [1.82, 2.24) is 20.2 Å². The third-order valence-electron chi connectivity index (χ3n) is 4.40. The van der Waals surface area contributed by atoms with Crippen LogP contribution in [0.25, 0.3) is 11.2 Å². The van der Waals surface area contributed by atoms with Crippen LogP contribution in [0.1, 0.15) is 38.2 Å². The van der Waals surface area contributed by atoms with Crippen molar-refractivity contribution < 1.29 is 0 Å². The summed E-state index contributed by atoms with van der Waals surface area (Å²) in [6, 6.07) is 6.92. The molecule has 2 aliphatic rings. The van der Waals surface area contributed by atoms with Crippen LogP contribution in [0.15, 0.2) is 41.7 Å². The fraction of sp³-hybridized carbons (Fsp3) is 0.412. The number of hydrogen-bond donors (Lipinski definition) is 2. The highest BCUT2D eigenvalue weighted by atomic mass is 15.2. The van der Waals surface area contributed by atoms with Gasteiger partial charge in [-0.3, -0.25) is 0 Å². The minimum absolute atomic E-state index is 0.259. The van der Waals surface area contributed by atoms with Crippen LogP contribution in [0.4, 0.5) is 0 Å². The van der Waals surface area contributed by atoms with Gasteiger partial charge in [-0.2, -0.15) is 5.10 Å². The maximum Gasteiger partial charge on any atom is 0.197 e. The van der Waals surface area contributed by atoms with Gasteiger partial charge >= 0.3 is 0 Å². The normalized spacial score (nSPS) is 22.3. The van der Waals surface area contributed by atoms with Crippen molar-refractivity contribution in [3.63, 3.8) is 0 Å². The summed E-state index contributed by atoms with van der Waals surface area (Å²) in [4.78, 5) is 4.79. The van der Waals surface area contributed by atoms with Gasteiger partial charge in [-0.05, 0) is 38.0 Å². The van der Waals surface area contributed by atoms with Gasteiger partial charge in [0.05, 0.1) is 17.4 Å². The zero-order valence-electron chi connectivity index (χ0n) is 12.8. The Labute approximate surface area is 130 Å². The lowest BCUT2D eigenvalue weighted by atomic mass is 10.1. The molecule has 5 nitrogen and oxygen atoms in total. The number of rotatable bonds is 2. The van der Waals surface area contributed by atoms with Gasteiger partial charge in [0.2, 0.25) is 0 Å². The molecule has 0 saturated heterocycles. The van der Waals surface area contributed by atoms with E-state index in [-0.39, 0.29) is 6.04 Å². The average Bonchev–Trinajstić information content (AvgIpc) is 3.15. The van der Waals surface area contributed by atoms with Crippen LogP contribution < -0.4 is 10.6 Å². The molecule has 1 atom stereocenters. The van der Waals surface area contributed by atoms with E-state index < -0.39 is 0 Å². The molecule has 5 heteroatoms. The molecule has 114 valence electrons. The van der Waals surface area contributed by atoms with E-state index in [0.29, 0.717) is 6.04 Å². The largest absolute Gasteiger partial charge is 0.353 e. The highest BCUT2D eigenvalue weighted by Crippen LogP contribution is 2.24. The summed E-state index contributed by atoms with van der Waals surface area (Å²) in [5, 5.41) is 11.4. The highest BCUT2D eigenvalue weighted by Gasteiger charge is 2.20. The molecule has 2 aromatic heterocycles. The molecule has 0 amide bonds. The average molecular weight is 295 g/mol. The molecule has 0 radical (unpaired) electrons.